The monoisotopic (exact) mass is 436 g/mol. The van der Waals surface area contributed by atoms with Gasteiger partial charge in [0, 0.05) is 5.56 Å². The van der Waals surface area contributed by atoms with Gasteiger partial charge in [0.15, 0.2) is 11.5 Å². The highest BCUT2D eigenvalue weighted by atomic mass is 16.3. The molecule has 5 aromatic rings. The van der Waals surface area contributed by atoms with Crippen LogP contribution in [0.4, 0.5) is 11.4 Å². The summed E-state index contributed by atoms with van der Waals surface area (Å²) < 4.78 is 1.36. The number of hydrogen-bond acceptors (Lipinski definition) is 5. The molecule has 162 valence electrons. The molecule has 0 aliphatic rings. The molecule has 5 rings (SSSR count). The van der Waals surface area contributed by atoms with Gasteiger partial charge in [-0.2, -0.15) is 5.11 Å². The minimum atomic E-state index is -0.503. The second kappa shape index (κ2) is 7.87. The Morgan fingerprint density at radius 1 is 0.909 bits per heavy atom. The highest BCUT2D eigenvalue weighted by Crippen LogP contribution is 2.39. The Bertz CT molecular complexity index is 1630. The number of benzene rings is 3. The van der Waals surface area contributed by atoms with Crippen molar-refractivity contribution in [2.75, 3.05) is 0 Å². The van der Waals surface area contributed by atoms with Crippen molar-refractivity contribution in [2.45, 2.75) is 13.8 Å². The van der Waals surface area contributed by atoms with Crippen LogP contribution in [0.5, 0.6) is 5.88 Å². The molecule has 0 bridgehead atoms. The Morgan fingerprint density at radius 2 is 1.61 bits per heavy atom. The second-order valence-electron chi connectivity index (χ2n) is 7.88. The number of nitrogens with one attached hydrogen (secondary N) is 1. The molecular weight excluding hydrogens is 416 g/mol. The van der Waals surface area contributed by atoms with E-state index in [0.717, 1.165) is 11.1 Å². The van der Waals surface area contributed by atoms with Crippen molar-refractivity contribution in [3.63, 3.8) is 0 Å². The van der Waals surface area contributed by atoms with Crippen LogP contribution in [-0.4, -0.2) is 20.3 Å². The number of rotatable bonds is 4. The number of azo groups is 1. The average molecular weight is 436 g/mol. The zero-order valence-electron chi connectivity index (χ0n) is 18.0. The molecule has 2 N–H and O–H groups in total. The van der Waals surface area contributed by atoms with Gasteiger partial charge in [0.2, 0.25) is 5.88 Å². The molecule has 7 heteroatoms. The van der Waals surface area contributed by atoms with E-state index in [-0.39, 0.29) is 22.6 Å². The van der Waals surface area contributed by atoms with Gasteiger partial charge in [0.05, 0.1) is 22.3 Å². The van der Waals surface area contributed by atoms with E-state index in [9.17, 15) is 14.7 Å². The summed E-state index contributed by atoms with van der Waals surface area (Å²) in [5.74, 6) is -0.743. The summed E-state index contributed by atoms with van der Waals surface area (Å²) in [5, 5.41) is 19.7. The number of aryl methyl sites for hydroxylation is 2. The van der Waals surface area contributed by atoms with Gasteiger partial charge in [-0.05, 0) is 37.6 Å². The molecular formula is C26H20N4O3. The van der Waals surface area contributed by atoms with E-state index in [4.69, 9.17) is 0 Å². The molecule has 2 aromatic heterocycles. The number of carbonyl (C=O) groups excluding carboxylic acids is 1. The van der Waals surface area contributed by atoms with Gasteiger partial charge in [-0.25, -0.2) is 0 Å². The van der Waals surface area contributed by atoms with Crippen LogP contribution in [-0.2, 0) is 0 Å². The van der Waals surface area contributed by atoms with E-state index < -0.39 is 11.3 Å². The van der Waals surface area contributed by atoms with Crippen molar-refractivity contribution in [2.24, 2.45) is 10.2 Å². The molecule has 33 heavy (non-hydrogen) atoms. The number of aromatic amines is 1. The maximum Gasteiger partial charge on any atom is 0.273 e. The third-order valence-corrected chi connectivity index (χ3v) is 5.64. The zero-order chi connectivity index (χ0) is 23.1. The summed E-state index contributed by atoms with van der Waals surface area (Å²) in [4.78, 5) is 29.5. The van der Waals surface area contributed by atoms with Gasteiger partial charge in [-0.1, -0.05) is 60.2 Å². The summed E-state index contributed by atoms with van der Waals surface area (Å²) in [6, 6.07) is 21.5. The topological polar surface area (TPSA) is 99.3 Å². The number of ketones is 1. The van der Waals surface area contributed by atoms with E-state index in [1.54, 1.807) is 42.5 Å². The molecule has 0 spiro atoms. The van der Waals surface area contributed by atoms with E-state index in [0.29, 0.717) is 22.3 Å². The predicted molar refractivity (Wildman–Crippen MR) is 127 cm³/mol. The van der Waals surface area contributed by atoms with Crippen LogP contribution >= 0.6 is 0 Å². The number of fused-ring (bicyclic) bond motifs is 3. The lowest BCUT2D eigenvalue weighted by molar-refractivity contribution is 0.104. The first-order valence-electron chi connectivity index (χ1n) is 10.4. The van der Waals surface area contributed by atoms with E-state index in [1.165, 1.54) is 4.40 Å². The van der Waals surface area contributed by atoms with Gasteiger partial charge < -0.3 is 10.1 Å². The van der Waals surface area contributed by atoms with Crippen molar-refractivity contribution in [3.8, 4) is 5.88 Å². The summed E-state index contributed by atoms with van der Waals surface area (Å²) >= 11 is 0. The molecule has 0 fully saturated rings. The molecule has 0 saturated carbocycles. The number of hydrogen-bond donors (Lipinski definition) is 2. The van der Waals surface area contributed by atoms with E-state index >= 15 is 0 Å². The quantitative estimate of drug-likeness (QED) is 0.277. The zero-order valence-corrected chi connectivity index (χ0v) is 18.0. The van der Waals surface area contributed by atoms with Gasteiger partial charge in [0.25, 0.3) is 5.56 Å². The molecule has 0 unspecified atom stereocenters. The van der Waals surface area contributed by atoms with Crippen molar-refractivity contribution >= 4 is 33.7 Å². The van der Waals surface area contributed by atoms with Crippen LogP contribution in [0.1, 0.15) is 27.0 Å². The Morgan fingerprint density at radius 3 is 2.36 bits per heavy atom. The third kappa shape index (κ3) is 3.40. The van der Waals surface area contributed by atoms with Crippen LogP contribution in [0.15, 0.2) is 87.8 Å². The number of H-pyrrole nitrogens is 1. The Labute approximate surface area is 188 Å². The Balaban J connectivity index is 1.84. The normalized spacial score (nSPS) is 11.6. The van der Waals surface area contributed by atoms with Crippen LogP contribution in [0.2, 0.25) is 0 Å². The maximum absolute atomic E-state index is 13.6. The fourth-order valence-corrected chi connectivity index (χ4v) is 3.89. The lowest BCUT2D eigenvalue weighted by atomic mass is 10.0. The van der Waals surface area contributed by atoms with Crippen molar-refractivity contribution in [1.29, 1.82) is 0 Å². The molecule has 3 aromatic carbocycles. The lowest BCUT2D eigenvalue weighted by Gasteiger charge is -2.04. The first-order chi connectivity index (χ1) is 16.0. The van der Waals surface area contributed by atoms with Crippen LogP contribution < -0.4 is 5.56 Å². The van der Waals surface area contributed by atoms with Crippen molar-refractivity contribution in [3.05, 3.63) is 105 Å². The highest BCUT2D eigenvalue weighted by molar-refractivity contribution is 6.17. The fraction of sp³-hybridized carbons (Fsp3) is 0.0769. The second-order valence-corrected chi connectivity index (χ2v) is 7.88. The summed E-state index contributed by atoms with van der Waals surface area (Å²) in [6.07, 6.45) is 0. The van der Waals surface area contributed by atoms with Gasteiger partial charge in [0.1, 0.15) is 5.52 Å². The maximum atomic E-state index is 13.6. The first-order valence-corrected chi connectivity index (χ1v) is 10.4. The van der Waals surface area contributed by atoms with Crippen LogP contribution in [0, 0.1) is 13.8 Å². The van der Waals surface area contributed by atoms with Crippen molar-refractivity contribution < 1.29 is 9.90 Å². The number of para-hydroxylation sites is 2. The molecule has 0 saturated heterocycles. The van der Waals surface area contributed by atoms with Gasteiger partial charge >= 0.3 is 0 Å². The Kier molecular flexibility index (Phi) is 4.86. The predicted octanol–water partition coefficient (Wildman–Crippen LogP) is 5.75. The highest BCUT2D eigenvalue weighted by Gasteiger charge is 2.28. The standard InChI is InChI=1S/C26H20N4O3/c1-15-11-13-17(14-12-15)24(31)21-22(29-28-18-8-4-3-7-16(18)2)26(33)30-20-10-6-5-9-19(20)27-25(32)23(21)30/h3-14,33H,1-2H3,(H,27,32). The third-order valence-electron chi connectivity index (χ3n) is 5.64. The molecule has 0 atom stereocenters. The fourth-order valence-electron chi connectivity index (χ4n) is 3.89. The average Bonchev–Trinajstić information content (AvgIpc) is 3.12. The molecule has 0 radical (unpaired) electrons. The van der Waals surface area contributed by atoms with Gasteiger partial charge in [-0.15, -0.1) is 5.11 Å². The summed E-state index contributed by atoms with van der Waals surface area (Å²) in [5.41, 5.74) is 3.40. The van der Waals surface area contributed by atoms with E-state index in [2.05, 4.69) is 15.2 Å². The van der Waals surface area contributed by atoms with Crippen molar-refractivity contribution in [1.82, 2.24) is 9.38 Å². The minimum Gasteiger partial charge on any atom is -0.493 e. The molecule has 2 heterocycles. The van der Waals surface area contributed by atoms with E-state index in [1.807, 2.05) is 44.2 Å². The largest absolute Gasteiger partial charge is 0.493 e. The van der Waals surface area contributed by atoms with Crippen LogP contribution in [0.25, 0.3) is 16.6 Å². The SMILES string of the molecule is Cc1ccc(C(=O)c2c(N=Nc3ccccc3C)c(O)n3c2c(=O)[nH]c2ccccc23)cc1. The molecule has 7 nitrogen and oxygen atoms in total. The molecule has 0 aliphatic carbocycles. The molecule has 0 aliphatic heterocycles. The minimum absolute atomic E-state index is 0.000639. The number of carbonyl (C=O) groups is 1. The first kappa shape index (κ1) is 20.4. The number of aromatic hydroxyl groups is 1. The lowest BCUT2D eigenvalue weighted by Crippen LogP contribution is -2.13. The Hall–Kier alpha value is -4.52. The number of aromatic nitrogens is 2. The number of nitrogens with zero attached hydrogens (tertiary/aromatic N) is 3. The van der Waals surface area contributed by atoms with Gasteiger partial charge in [-0.3, -0.25) is 14.0 Å². The summed E-state index contributed by atoms with van der Waals surface area (Å²) in [7, 11) is 0. The van der Waals surface area contributed by atoms with Crippen LogP contribution in [0.3, 0.4) is 0 Å². The smallest absolute Gasteiger partial charge is 0.273 e. The summed E-state index contributed by atoms with van der Waals surface area (Å²) in [6.45, 7) is 3.81. The molecule has 0 amide bonds.